The van der Waals surface area contributed by atoms with Gasteiger partial charge in [-0.2, -0.15) is 0 Å². The van der Waals surface area contributed by atoms with Gasteiger partial charge in [-0.3, -0.25) is 14.5 Å². The molecule has 1 heterocycles. The number of amides is 2. The molecule has 0 spiro atoms. The molecule has 3 aromatic carbocycles. The molecule has 0 atom stereocenters. The summed E-state index contributed by atoms with van der Waals surface area (Å²) in [5.74, 6) is -1.59. The van der Waals surface area contributed by atoms with E-state index in [2.05, 4.69) is 5.32 Å². The Morgan fingerprint density at radius 1 is 0.974 bits per heavy atom. The van der Waals surface area contributed by atoms with E-state index in [1.54, 1.807) is 43.3 Å². The molecule has 7 nitrogen and oxygen atoms in total. The fourth-order valence-electron chi connectivity index (χ4n) is 4.12. The Morgan fingerprint density at radius 2 is 1.66 bits per heavy atom. The average Bonchev–Trinajstić information content (AvgIpc) is 3.17. The second kappa shape index (κ2) is 12.0. The van der Waals surface area contributed by atoms with E-state index in [9.17, 15) is 18.8 Å². The first-order valence-corrected chi connectivity index (χ1v) is 12.0. The molecule has 1 aliphatic heterocycles. The number of ether oxygens (including phenoxy) is 2. The van der Waals surface area contributed by atoms with Crippen molar-refractivity contribution in [3.8, 4) is 5.75 Å². The monoisotopic (exact) mass is 514 g/mol. The first kappa shape index (κ1) is 26.3. The lowest BCUT2D eigenvalue weighted by Gasteiger charge is -2.18. The minimum Gasteiger partial charge on any atom is -0.484 e. The van der Waals surface area contributed by atoms with Crippen LogP contribution in [0.1, 0.15) is 18.1 Å². The molecule has 2 amide bonds. The number of carbonyl (C=O) groups is 3. The SMILES string of the molecule is COC(=O)C1=C(C)N(c2ccccc2F)C(=O)/C1=C\c1ccc(OCC(=O)NCCc2ccccc2)cc1. The highest BCUT2D eigenvalue weighted by atomic mass is 19.1. The number of benzene rings is 3. The molecule has 0 radical (unpaired) electrons. The number of rotatable bonds is 9. The Kier molecular flexibility index (Phi) is 8.33. The zero-order valence-electron chi connectivity index (χ0n) is 21.1. The summed E-state index contributed by atoms with van der Waals surface area (Å²) >= 11 is 0. The fourth-order valence-corrected chi connectivity index (χ4v) is 4.12. The van der Waals surface area contributed by atoms with Crippen molar-refractivity contribution < 1.29 is 28.2 Å². The molecule has 0 unspecified atom stereocenters. The van der Waals surface area contributed by atoms with Crippen LogP contribution in [-0.4, -0.2) is 38.0 Å². The number of esters is 1. The number of anilines is 1. The highest BCUT2D eigenvalue weighted by molar-refractivity contribution is 6.23. The standard InChI is InChI=1S/C30H27FN2O5/c1-20-28(30(36)37-2)24(29(35)33(20)26-11-7-6-10-25(26)31)18-22-12-14-23(15-13-22)38-19-27(34)32-17-16-21-8-4-3-5-9-21/h3-15,18H,16-17,19H2,1-2H3,(H,32,34)/b24-18-. The number of methoxy groups -OCH3 is 1. The number of halogens is 1. The normalized spacial score (nSPS) is 14.1. The first-order chi connectivity index (χ1) is 18.4. The maximum absolute atomic E-state index is 14.5. The van der Waals surface area contributed by atoms with Gasteiger partial charge in [0, 0.05) is 12.2 Å². The number of carbonyl (C=O) groups excluding carboxylic acids is 3. The predicted molar refractivity (Wildman–Crippen MR) is 142 cm³/mol. The lowest BCUT2D eigenvalue weighted by Crippen LogP contribution is -2.30. The topological polar surface area (TPSA) is 84.9 Å². The van der Waals surface area contributed by atoms with Crippen molar-refractivity contribution in [2.24, 2.45) is 0 Å². The molecule has 194 valence electrons. The average molecular weight is 515 g/mol. The summed E-state index contributed by atoms with van der Waals surface area (Å²) in [5, 5.41) is 2.82. The van der Waals surface area contributed by atoms with E-state index in [1.807, 2.05) is 30.3 Å². The maximum Gasteiger partial charge on any atom is 0.340 e. The first-order valence-electron chi connectivity index (χ1n) is 12.0. The van der Waals surface area contributed by atoms with E-state index < -0.39 is 17.7 Å². The Hall–Kier alpha value is -4.72. The highest BCUT2D eigenvalue weighted by Gasteiger charge is 2.38. The second-order valence-electron chi connectivity index (χ2n) is 8.55. The molecule has 0 saturated carbocycles. The molecule has 38 heavy (non-hydrogen) atoms. The summed E-state index contributed by atoms with van der Waals surface area (Å²) in [5.41, 5.74) is 2.22. The van der Waals surface area contributed by atoms with Gasteiger partial charge >= 0.3 is 5.97 Å². The van der Waals surface area contributed by atoms with E-state index in [1.165, 1.54) is 30.2 Å². The van der Waals surface area contributed by atoms with E-state index in [-0.39, 0.29) is 35.0 Å². The molecule has 1 N–H and O–H groups in total. The van der Waals surface area contributed by atoms with Crippen LogP contribution in [0.25, 0.3) is 6.08 Å². The van der Waals surface area contributed by atoms with Gasteiger partial charge in [0.1, 0.15) is 11.6 Å². The summed E-state index contributed by atoms with van der Waals surface area (Å²) in [6, 6.07) is 22.4. The predicted octanol–water partition coefficient (Wildman–Crippen LogP) is 4.44. The molecule has 0 bridgehead atoms. The Morgan fingerprint density at radius 3 is 2.34 bits per heavy atom. The molecule has 8 heteroatoms. The summed E-state index contributed by atoms with van der Waals surface area (Å²) in [6.07, 6.45) is 2.27. The van der Waals surface area contributed by atoms with Crippen LogP contribution in [-0.2, 0) is 25.5 Å². The molecule has 0 saturated heterocycles. The van der Waals surface area contributed by atoms with E-state index in [4.69, 9.17) is 9.47 Å². The van der Waals surface area contributed by atoms with Crippen molar-refractivity contribution in [1.82, 2.24) is 5.32 Å². The van der Waals surface area contributed by atoms with Gasteiger partial charge in [-0.15, -0.1) is 0 Å². The van der Waals surface area contributed by atoms with Crippen LogP contribution in [0.15, 0.2) is 95.7 Å². The minimum absolute atomic E-state index is 0.0468. The number of allylic oxidation sites excluding steroid dienone is 1. The van der Waals surface area contributed by atoms with Crippen molar-refractivity contribution in [3.63, 3.8) is 0 Å². The third-order valence-corrected chi connectivity index (χ3v) is 6.02. The number of para-hydroxylation sites is 1. The van der Waals surface area contributed by atoms with Gasteiger partial charge in [0.05, 0.1) is 23.9 Å². The molecule has 0 fully saturated rings. The maximum atomic E-state index is 14.5. The quantitative estimate of drug-likeness (QED) is 0.337. The molecule has 3 aromatic rings. The zero-order valence-corrected chi connectivity index (χ0v) is 21.1. The molecular formula is C30H27FN2O5. The molecule has 0 aliphatic carbocycles. The van der Waals surface area contributed by atoms with Crippen LogP contribution in [0.2, 0.25) is 0 Å². The summed E-state index contributed by atoms with van der Waals surface area (Å²) < 4.78 is 24.9. The van der Waals surface area contributed by atoms with Crippen molar-refractivity contribution >= 4 is 29.5 Å². The molecule has 4 rings (SSSR count). The summed E-state index contributed by atoms with van der Waals surface area (Å²) in [6.45, 7) is 1.94. The Labute approximate surface area is 220 Å². The van der Waals surface area contributed by atoms with E-state index in [0.717, 1.165) is 12.0 Å². The van der Waals surface area contributed by atoms with Crippen molar-refractivity contribution in [3.05, 3.63) is 113 Å². The number of hydrogen-bond donors (Lipinski definition) is 1. The van der Waals surface area contributed by atoms with Crippen molar-refractivity contribution in [1.29, 1.82) is 0 Å². The lowest BCUT2D eigenvalue weighted by atomic mass is 10.0. The third kappa shape index (κ3) is 5.98. The lowest BCUT2D eigenvalue weighted by molar-refractivity contribution is -0.136. The largest absolute Gasteiger partial charge is 0.484 e. The molecule has 0 aromatic heterocycles. The van der Waals surface area contributed by atoms with Crippen molar-refractivity contribution in [2.75, 3.05) is 25.2 Å². The Balaban J connectivity index is 1.43. The van der Waals surface area contributed by atoms with Gasteiger partial charge < -0.3 is 14.8 Å². The number of hydrogen-bond acceptors (Lipinski definition) is 5. The van der Waals surface area contributed by atoms with Crippen LogP contribution in [0.4, 0.5) is 10.1 Å². The summed E-state index contributed by atoms with van der Waals surface area (Å²) in [4.78, 5) is 39.1. The smallest absolute Gasteiger partial charge is 0.340 e. The zero-order chi connectivity index (χ0) is 27.1. The van der Waals surface area contributed by atoms with Gasteiger partial charge in [0.2, 0.25) is 0 Å². The van der Waals surface area contributed by atoms with Crippen LogP contribution in [0.5, 0.6) is 5.75 Å². The highest BCUT2D eigenvalue weighted by Crippen LogP contribution is 2.36. The fraction of sp³-hybridized carbons (Fsp3) is 0.167. The second-order valence-corrected chi connectivity index (χ2v) is 8.55. The molecule has 1 aliphatic rings. The van der Waals surface area contributed by atoms with Crippen LogP contribution < -0.4 is 15.0 Å². The van der Waals surface area contributed by atoms with Gasteiger partial charge in [0.25, 0.3) is 11.8 Å². The number of nitrogens with zero attached hydrogens (tertiary/aromatic N) is 1. The van der Waals surface area contributed by atoms with Crippen LogP contribution in [0, 0.1) is 5.82 Å². The van der Waals surface area contributed by atoms with Crippen LogP contribution in [0.3, 0.4) is 0 Å². The van der Waals surface area contributed by atoms with Gasteiger partial charge in [-0.25, -0.2) is 9.18 Å². The van der Waals surface area contributed by atoms with Crippen molar-refractivity contribution in [2.45, 2.75) is 13.3 Å². The third-order valence-electron chi connectivity index (χ3n) is 6.02. The number of nitrogens with one attached hydrogen (secondary N) is 1. The molecular weight excluding hydrogens is 487 g/mol. The van der Waals surface area contributed by atoms with Gasteiger partial charge in [0.15, 0.2) is 6.61 Å². The van der Waals surface area contributed by atoms with Gasteiger partial charge in [-0.1, -0.05) is 54.6 Å². The van der Waals surface area contributed by atoms with E-state index >= 15 is 0 Å². The van der Waals surface area contributed by atoms with Gasteiger partial charge in [-0.05, 0) is 54.8 Å². The minimum atomic E-state index is -0.695. The Bertz CT molecular complexity index is 1400. The van der Waals surface area contributed by atoms with E-state index in [0.29, 0.717) is 17.9 Å². The van der Waals surface area contributed by atoms with Crippen LogP contribution >= 0.6 is 0 Å². The summed E-state index contributed by atoms with van der Waals surface area (Å²) in [7, 11) is 1.22.